The molecule has 3 aromatic rings. The van der Waals surface area contributed by atoms with Gasteiger partial charge in [0.25, 0.3) is 0 Å². The maximum absolute atomic E-state index is 13.1. The zero-order valence-corrected chi connectivity index (χ0v) is 25.1. The van der Waals surface area contributed by atoms with E-state index < -0.39 is 46.1 Å². The van der Waals surface area contributed by atoms with E-state index in [4.69, 9.17) is 5.73 Å². The molecule has 1 fully saturated rings. The molecule has 0 radical (unpaired) electrons. The number of piperidine rings is 1. The first-order valence-corrected chi connectivity index (χ1v) is 15.9. The Morgan fingerprint density at radius 3 is 2.29 bits per heavy atom. The van der Waals surface area contributed by atoms with Crippen LogP contribution in [0.4, 0.5) is 27.6 Å². The number of primary amides is 1. The normalized spacial score (nSPS) is 18.0. The molecule has 7 nitrogen and oxygen atoms in total. The van der Waals surface area contributed by atoms with Crippen LogP contribution in [-0.2, 0) is 20.8 Å². The van der Waals surface area contributed by atoms with Crippen molar-refractivity contribution in [3.8, 4) is 6.07 Å². The summed E-state index contributed by atoms with van der Waals surface area (Å²) in [5, 5.41) is 9.69. The van der Waals surface area contributed by atoms with Crippen molar-refractivity contribution in [3.05, 3.63) is 94.5 Å². The topological polar surface area (TPSA) is 113 Å². The standard InChI is InChI=1S/C32H32F5N3O4S/c1-2-45(42,43)26-12-6-21(7-13-26)27(15-16-38)29-17-24(11-14-28(29)30(39)41)40-18-22(5-10-25(40)19-44-31(33)34)20-3-8-23(9-4-20)32(35,36)37/h3-4,6-9,11-14,17,22,25,27,31H,2,5,10,15,18-19H2,1H3,(H2,39,41)/t22-,25-,27-/m0/s1. The minimum Gasteiger partial charge on any atom is -0.366 e. The van der Waals surface area contributed by atoms with E-state index in [1.165, 1.54) is 37.3 Å². The molecule has 0 aromatic heterocycles. The highest BCUT2D eigenvalue weighted by atomic mass is 32.2. The molecule has 13 heteroatoms. The summed E-state index contributed by atoms with van der Waals surface area (Å²) in [6.07, 6.45) is -3.68. The van der Waals surface area contributed by atoms with Crippen molar-refractivity contribution in [2.24, 2.45) is 5.73 Å². The predicted molar refractivity (Wildman–Crippen MR) is 158 cm³/mol. The number of nitrogens with zero attached hydrogens (tertiary/aromatic N) is 2. The SMILES string of the molecule is CCS(=O)(=O)c1ccc([C@H](CC#N)c2cc(N3C[C@@H](c4ccc(C(F)(F)F)cc4)CC[C@H]3COC(F)F)ccc2C(N)=O)cc1. The Labute approximate surface area is 258 Å². The number of amides is 1. The van der Waals surface area contributed by atoms with Gasteiger partial charge < -0.3 is 15.4 Å². The number of halogens is 5. The molecule has 4 rings (SSSR count). The number of nitrogens with two attached hydrogens (primary N) is 1. The molecule has 0 aliphatic carbocycles. The number of alkyl halides is 5. The fourth-order valence-electron chi connectivity index (χ4n) is 5.73. The molecule has 0 bridgehead atoms. The van der Waals surface area contributed by atoms with Gasteiger partial charge in [0.2, 0.25) is 5.91 Å². The maximum Gasteiger partial charge on any atom is 0.416 e. The van der Waals surface area contributed by atoms with Gasteiger partial charge in [-0.05, 0) is 72.0 Å². The van der Waals surface area contributed by atoms with E-state index in [9.17, 15) is 40.4 Å². The van der Waals surface area contributed by atoms with Gasteiger partial charge in [0.15, 0.2) is 9.84 Å². The summed E-state index contributed by atoms with van der Waals surface area (Å²) >= 11 is 0. The Morgan fingerprint density at radius 1 is 1.07 bits per heavy atom. The largest absolute Gasteiger partial charge is 0.416 e. The monoisotopic (exact) mass is 649 g/mol. The summed E-state index contributed by atoms with van der Waals surface area (Å²) < 4.78 is 94.8. The Hall–Kier alpha value is -4.02. The molecule has 1 aliphatic heterocycles. The minimum atomic E-state index is -4.49. The number of carbonyl (C=O) groups is 1. The van der Waals surface area contributed by atoms with Crippen LogP contribution in [0.25, 0.3) is 0 Å². The quantitative estimate of drug-likeness (QED) is 0.233. The molecule has 3 atom stereocenters. The first-order chi connectivity index (χ1) is 21.2. The molecule has 45 heavy (non-hydrogen) atoms. The van der Waals surface area contributed by atoms with Crippen LogP contribution < -0.4 is 10.6 Å². The van der Waals surface area contributed by atoms with Gasteiger partial charge >= 0.3 is 12.8 Å². The van der Waals surface area contributed by atoms with Crippen molar-refractivity contribution in [2.45, 2.75) is 61.7 Å². The number of hydrogen-bond acceptors (Lipinski definition) is 6. The Balaban J connectivity index is 1.75. The average Bonchev–Trinajstić information content (AvgIpc) is 3.02. The lowest BCUT2D eigenvalue weighted by Crippen LogP contribution is -2.45. The van der Waals surface area contributed by atoms with Crippen LogP contribution in [0.15, 0.2) is 71.6 Å². The Morgan fingerprint density at radius 2 is 1.73 bits per heavy atom. The number of rotatable bonds is 11. The van der Waals surface area contributed by atoms with Crippen molar-refractivity contribution in [1.82, 2.24) is 0 Å². The minimum absolute atomic E-state index is 0.0876. The number of benzene rings is 3. The Bertz CT molecular complexity index is 1640. The molecule has 240 valence electrons. The van der Waals surface area contributed by atoms with Gasteiger partial charge in [-0.3, -0.25) is 4.79 Å². The lowest BCUT2D eigenvalue weighted by atomic mass is 9.84. The van der Waals surface area contributed by atoms with Crippen LogP contribution in [-0.4, -0.2) is 45.9 Å². The van der Waals surface area contributed by atoms with E-state index in [0.717, 1.165) is 12.1 Å². The van der Waals surface area contributed by atoms with Crippen molar-refractivity contribution in [3.63, 3.8) is 0 Å². The Kier molecular flexibility index (Phi) is 10.5. The highest BCUT2D eigenvalue weighted by molar-refractivity contribution is 7.91. The number of anilines is 1. The summed E-state index contributed by atoms with van der Waals surface area (Å²) in [5.41, 5.74) is 7.17. The third-order valence-corrected chi connectivity index (χ3v) is 9.91. The predicted octanol–water partition coefficient (Wildman–Crippen LogP) is 6.64. The van der Waals surface area contributed by atoms with Crippen molar-refractivity contribution in [1.29, 1.82) is 5.26 Å². The lowest BCUT2D eigenvalue weighted by molar-refractivity contribution is -0.137. The second-order valence-electron chi connectivity index (χ2n) is 10.8. The molecule has 3 aromatic carbocycles. The average molecular weight is 650 g/mol. The molecule has 1 aliphatic rings. The van der Waals surface area contributed by atoms with E-state index >= 15 is 0 Å². The molecular weight excluding hydrogens is 617 g/mol. The van der Waals surface area contributed by atoms with E-state index in [0.29, 0.717) is 35.2 Å². The molecule has 2 N–H and O–H groups in total. The first-order valence-electron chi connectivity index (χ1n) is 14.2. The fourth-order valence-corrected chi connectivity index (χ4v) is 6.62. The second kappa shape index (κ2) is 14.0. The van der Waals surface area contributed by atoms with Crippen LogP contribution in [0.3, 0.4) is 0 Å². The highest BCUT2D eigenvalue weighted by Gasteiger charge is 2.33. The molecule has 1 amide bonds. The van der Waals surface area contributed by atoms with Crippen LogP contribution in [0.5, 0.6) is 0 Å². The second-order valence-corrected chi connectivity index (χ2v) is 13.1. The number of ether oxygens (including phenoxy) is 1. The van der Waals surface area contributed by atoms with Gasteiger partial charge in [0.05, 0.1) is 34.9 Å². The zero-order valence-electron chi connectivity index (χ0n) is 24.3. The first kappa shape index (κ1) is 33.9. The van der Waals surface area contributed by atoms with Gasteiger partial charge in [-0.2, -0.15) is 27.2 Å². The molecule has 0 saturated carbocycles. The smallest absolute Gasteiger partial charge is 0.366 e. The maximum atomic E-state index is 13.1. The van der Waals surface area contributed by atoms with Crippen LogP contribution >= 0.6 is 0 Å². The summed E-state index contributed by atoms with van der Waals surface area (Å²) in [4.78, 5) is 14.4. The van der Waals surface area contributed by atoms with E-state index in [-0.39, 0.29) is 41.7 Å². The number of carbonyl (C=O) groups excluding carboxylic acids is 1. The molecule has 1 heterocycles. The third kappa shape index (κ3) is 7.99. The molecule has 1 saturated heterocycles. The van der Waals surface area contributed by atoms with Crippen molar-refractivity contribution < 1.29 is 39.9 Å². The number of nitriles is 1. The van der Waals surface area contributed by atoms with Gasteiger partial charge in [0.1, 0.15) is 0 Å². The number of hydrogen-bond donors (Lipinski definition) is 1. The molecule has 0 unspecified atom stereocenters. The summed E-state index contributed by atoms with van der Waals surface area (Å²) in [5.74, 6) is -1.79. The fraction of sp³-hybridized carbons (Fsp3) is 0.375. The van der Waals surface area contributed by atoms with E-state index in [1.807, 2.05) is 4.90 Å². The summed E-state index contributed by atoms with van der Waals surface area (Å²) in [6.45, 7) is -1.55. The van der Waals surface area contributed by atoms with Crippen LogP contribution in [0, 0.1) is 11.3 Å². The van der Waals surface area contributed by atoms with Gasteiger partial charge in [-0.15, -0.1) is 0 Å². The summed E-state index contributed by atoms with van der Waals surface area (Å²) in [6, 6.07) is 17.2. The zero-order chi connectivity index (χ0) is 32.9. The van der Waals surface area contributed by atoms with Crippen LogP contribution in [0.2, 0.25) is 0 Å². The third-order valence-electron chi connectivity index (χ3n) is 8.15. The molecule has 0 spiro atoms. The van der Waals surface area contributed by atoms with Crippen molar-refractivity contribution in [2.75, 3.05) is 23.8 Å². The van der Waals surface area contributed by atoms with Crippen LogP contribution in [0.1, 0.15) is 70.6 Å². The van der Waals surface area contributed by atoms with Gasteiger partial charge in [-0.1, -0.05) is 31.2 Å². The van der Waals surface area contributed by atoms with E-state index in [1.54, 1.807) is 24.3 Å². The van der Waals surface area contributed by atoms with E-state index in [2.05, 4.69) is 10.8 Å². The highest BCUT2D eigenvalue weighted by Crippen LogP contribution is 2.39. The van der Waals surface area contributed by atoms with Gasteiger partial charge in [-0.25, -0.2) is 8.42 Å². The molecular formula is C32H32F5N3O4S. The summed E-state index contributed by atoms with van der Waals surface area (Å²) in [7, 11) is -3.48. The lowest BCUT2D eigenvalue weighted by Gasteiger charge is -2.42. The van der Waals surface area contributed by atoms with Crippen molar-refractivity contribution >= 4 is 21.4 Å². The number of sulfone groups is 1. The van der Waals surface area contributed by atoms with Gasteiger partial charge in [0, 0.05) is 36.1 Å².